The molecule has 0 radical (unpaired) electrons. The Kier molecular flexibility index (Phi) is 5.47. The van der Waals surface area contributed by atoms with Gasteiger partial charge in [-0.05, 0) is 38.1 Å². The second-order valence-corrected chi connectivity index (χ2v) is 7.19. The fourth-order valence-electron chi connectivity index (χ4n) is 2.72. The third kappa shape index (κ3) is 4.73. The number of nitrogens with one attached hydrogen (secondary N) is 1. The molecule has 2 atom stereocenters. The molecular weight excluding hydrogens is 365 g/mol. The Balaban J connectivity index is 1.59. The van der Waals surface area contributed by atoms with Gasteiger partial charge in [0.1, 0.15) is 0 Å². The first-order valence-corrected chi connectivity index (χ1v) is 8.95. The van der Waals surface area contributed by atoms with Crippen molar-refractivity contribution in [1.82, 2.24) is 4.98 Å². The molecule has 0 aliphatic carbocycles. The fraction of sp³-hybridized carbons (Fsp3) is 0.412. The molecule has 3 rings (SSSR count). The van der Waals surface area contributed by atoms with E-state index in [4.69, 9.17) is 4.74 Å². The highest BCUT2D eigenvalue weighted by atomic mass is 32.1. The van der Waals surface area contributed by atoms with Crippen LogP contribution in [0.4, 0.5) is 24.0 Å². The van der Waals surface area contributed by atoms with Crippen molar-refractivity contribution in [2.75, 3.05) is 23.4 Å². The molecule has 2 aromatic rings. The van der Waals surface area contributed by atoms with E-state index in [1.807, 2.05) is 13.8 Å². The summed E-state index contributed by atoms with van der Waals surface area (Å²) < 4.78 is 43.3. The van der Waals surface area contributed by atoms with Gasteiger partial charge in [0.15, 0.2) is 5.13 Å². The molecule has 140 valence electrons. The van der Waals surface area contributed by atoms with Crippen LogP contribution in [0.2, 0.25) is 0 Å². The summed E-state index contributed by atoms with van der Waals surface area (Å²) in [5, 5.41) is 4.97. The van der Waals surface area contributed by atoms with Gasteiger partial charge < -0.3 is 9.64 Å². The standard InChI is InChI=1S/C17H19F3N4OS/c1-11-9-24(10-12(2)25-11)16-21-7-15(26-16)8-22-23-14-5-3-13(4-6-14)17(18,19)20/h3-8,11-12,23H,9-10H2,1-2H3/b22-8-/t11-,12-/m1/s1. The Labute approximate surface area is 153 Å². The lowest BCUT2D eigenvalue weighted by Gasteiger charge is -2.35. The van der Waals surface area contributed by atoms with Crippen LogP contribution < -0.4 is 10.3 Å². The predicted molar refractivity (Wildman–Crippen MR) is 97.0 cm³/mol. The first kappa shape index (κ1) is 18.7. The van der Waals surface area contributed by atoms with Crippen molar-refractivity contribution in [1.29, 1.82) is 0 Å². The molecule has 1 aromatic heterocycles. The van der Waals surface area contributed by atoms with E-state index < -0.39 is 11.7 Å². The minimum atomic E-state index is -4.34. The maximum absolute atomic E-state index is 12.5. The van der Waals surface area contributed by atoms with Crippen molar-refractivity contribution in [3.05, 3.63) is 40.9 Å². The normalized spacial score (nSPS) is 21.3. The number of benzene rings is 1. The molecule has 0 amide bonds. The average Bonchev–Trinajstić information content (AvgIpc) is 3.02. The van der Waals surface area contributed by atoms with Crippen molar-refractivity contribution >= 4 is 28.4 Å². The molecule has 26 heavy (non-hydrogen) atoms. The Hall–Kier alpha value is -2.13. The van der Waals surface area contributed by atoms with Crippen LogP contribution in [0.3, 0.4) is 0 Å². The molecule has 0 bridgehead atoms. The predicted octanol–water partition coefficient (Wildman–Crippen LogP) is 4.22. The van der Waals surface area contributed by atoms with Crippen LogP contribution in [0.25, 0.3) is 0 Å². The Morgan fingerprint density at radius 3 is 2.50 bits per heavy atom. The van der Waals surface area contributed by atoms with E-state index in [1.54, 1.807) is 12.4 Å². The molecule has 1 aromatic carbocycles. The van der Waals surface area contributed by atoms with Gasteiger partial charge >= 0.3 is 6.18 Å². The van der Waals surface area contributed by atoms with E-state index in [-0.39, 0.29) is 12.2 Å². The zero-order valence-corrected chi connectivity index (χ0v) is 15.1. The number of alkyl halides is 3. The lowest BCUT2D eigenvalue weighted by molar-refractivity contribution is -0.137. The fourth-order valence-corrected chi connectivity index (χ4v) is 3.53. The van der Waals surface area contributed by atoms with E-state index in [1.165, 1.54) is 23.5 Å². The first-order valence-electron chi connectivity index (χ1n) is 8.14. The number of hydrazone groups is 1. The molecule has 0 unspecified atom stereocenters. The Bertz CT molecular complexity index is 750. The summed E-state index contributed by atoms with van der Waals surface area (Å²) in [6, 6.07) is 4.72. The summed E-state index contributed by atoms with van der Waals surface area (Å²) in [6.07, 6.45) is -0.702. The van der Waals surface area contributed by atoms with Crippen LogP contribution in [-0.4, -0.2) is 36.5 Å². The van der Waals surface area contributed by atoms with Gasteiger partial charge in [-0.3, -0.25) is 5.43 Å². The number of anilines is 2. The smallest absolute Gasteiger partial charge is 0.372 e. The molecule has 1 N–H and O–H groups in total. The van der Waals surface area contributed by atoms with E-state index in [0.29, 0.717) is 5.69 Å². The third-order valence-electron chi connectivity index (χ3n) is 3.80. The van der Waals surface area contributed by atoms with Gasteiger partial charge in [0, 0.05) is 19.3 Å². The van der Waals surface area contributed by atoms with Crippen LogP contribution in [0.1, 0.15) is 24.3 Å². The van der Waals surface area contributed by atoms with Crippen LogP contribution in [0, 0.1) is 0 Å². The zero-order chi connectivity index (χ0) is 18.7. The highest BCUT2D eigenvalue weighted by Gasteiger charge is 2.29. The number of nitrogens with zero attached hydrogens (tertiary/aromatic N) is 3. The molecule has 1 fully saturated rings. The monoisotopic (exact) mass is 384 g/mol. The molecule has 1 aliphatic heterocycles. The van der Waals surface area contributed by atoms with E-state index in [9.17, 15) is 13.2 Å². The van der Waals surface area contributed by atoms with Crippen molar-refractivity contribution in [2.45, 2.75) is 32.2 Å². The average molecular weight is 384 g/mol. The maximum Gasteiger partial charge on any atom is 0.416 e. The SMILES string of the molecule is C[C@@H]1CN(c2ncc(/C=N\Nc3ccc(C(F)(F)F)cc3)s2)C[C@@H](C)O1. The highest BCUT2D eigenvalue weighted by Crippen LogP contribution is 2.30. The maximum atomic E-state index is 12.5. The zero-order valence-electron chi connectivity index (χ0n) is 14.3. The van der Waals surface area contributed by atoms with Crippen LogP contribution in [-0.2, 0) is 10.9 Å². The number of thiazole rings is 1. The molecule has 2 heterocycles. The second kappa shape index (κ2) is 7.63. The largest absolute Gasteiger partial charge is 0.416 e. The van der Waals surface area contributed by atoms with Gasteiger partial charge in [-0.2, -0.15) is 18.3 Å². The molecule has 1 saturated heterocycles. The van der Waals surface area contributed by atoms with Gasteiger partial charge in [0.2, 0.25) is 0 Å². The highest BCUT2D eigenvalue weighted by molar-refractivity contribution is 7.17. The lowest BCUT2D eigenvalue weighted by atomic mass is 10.2. The van der Waals surface area contributed by atoms with E-state index in [2.05, 4.69) is 20.4 Å². The van der Waals surface area contributed by atoms with E-state index in [0.717, 1.165) is 35.2 Å². The van der Waals surface area contributed by atoms with Gasteiger partial charge in [0.05, 0.1) is 34.6 Å². The van der Waals surface area contributed by atoms with Crippen LogP contribution in [0.5, 0.6) is 0 Å². The summed E-state index contributed by atoms with van der Waals surface area (Å²) in [4.78, 5) is 7.46. The topological polar surface area (TPSA) is 49.8 Å². The van der Waals surface area contributed by atoms with Gasteiger partial charge in [-0.1, -0.05) is 11.3 Å². The summed E-state index contributed by atoms with van der Waals surface area (Å²) in [6.45, 7) is 5.65. The van der Waals surface area contributed by atoms with Crippen molar-refractivity contribution in [3.8, 4) is 0 Å². The second-order valence-electron chi connectivity index (χ2n) is 6.15. The van der Waals surface area contributed by atoms with E-state index >= 15 is 0 Å². The number of hydrogen-bond donors (Lipinski definition) is 1. The molecular formula is C17H19F3N4OS. The number of aromatic nitrogens is 1. The first-order chi connectivity index (χ1) is 12.3. The summed E-state index contributed by atoms with van der Waals surface area (Å²) in [5.74, 6) is 0. The van der Waals surface area contributed by atoms with Crippen molar-refractivity contribution < 1.29 is 17.9 Å². The molecule has 0 spiro atoms. The molecule has 9 heteroatoms. The van der Waals surface area contributed by atoms with Crippen molar-refractivity contribution in [3.63, 3.8) is 0 Å². The number of rotatable bonds is 4. The Morgan fingerprint density at radius 1 is 1.23 bits per heavy atom. The van der Waals surface area contributed by atoms with Crippen molar-refractivity contribution in [2.24, 2.45) is 5.10 Å². The molecule has 0 saturated carbocycles. The van der Waals surface area contributed by atoms with Gasteiger partial charge in [-0.15, -0.1) is 0 Å². The molecule has 5 nitrogen and oxygen atoms in total. The third-order valence-corrected chi connectivity index (χ3v) is 4.79. The van der Waals surface area contributed by atoms with Gasteiger partial charge in [0.25, 0.3) is 0 Å². The lowest BCUT2D eigenvalue weighted by Crippen LogP contribution is -2.45. The van der Waals surface area contributed by atoms with Gasteiger partial charge in [-0.25, -0.2) is 4.98 Å². The summed E-state index contributed by atoms with van der Waals surface area (Å²) in [5.41, 5.74) is 2.52. The minimum Gasteiger partial charge on any atom is -0.372 e. The quantitative estimate of drug-likeness (QED) is 0.633. The number of halogens is 3. The number of ether oxygens (including phenoxy) is 1. The molecule has 1 aliphatic rings. The van der Waals surface area contributed by atoms with Crippen LogP contribution in [0.15, 0.2) is 35.6 Å². The summed E-state index contributed by atoms with van der Waals surface area (Å²) >= 11 is 1.51. The Morgan fingerprint density at radius 2 is 1.88 bits per heavy atom. The number of hydrogen-bond acceptors (Lipinski definition) is 6. The summed E-state index contributed by atoms with van der Waals surface area (Å²) in [7, 11) is 0. The van der Waals surface area contributed by atoms with Crippen LogP contribution >= 0.6 is 11.3 Å². The minimum absolute atomic E-state index is 0.154. The number of morpholine rings is 1.